The first-order valence-electron chi connectivity index (χ1n) is 8.69. The third kappa shape index (κ3) is 3.62. The van der Waals surface area contributed by atoms with Gasteiger partial charge in [0.05, 0.1) is 15.6 Å². The van der Waals surface area contributed by atoms with Gasteiger partial charge in [0.25, 0.3) is 0 Å². The SMILES string of the molecule is CCOc1c(Br)cc(C=C2N=C(c3cccc4ccccc34)OC2=O)cc1Br. The summed E-state index contributed by atoms with van der Waals surface area (Å²) in [5.74, 6) is 0.569. The number of rotatable bonds is 4. The van der Waals surface area contributed by atoms with Crippen LogP contribution in [-0.2, 0) is 9.53 Å². The van der Waals surface area contributed by atoms with Gasteiger partial charge in [-0.2, -0.15) is 0 Å². The van der Waals surface area contributed by atoms with Crippen molar-refractivity contribution in [2.45, 2.75) is 6.92 Å². The fraction of sp³-hybridized carbons (Fsp3) is 0.0909. The van der Waals surface area contributed by atoms with Gasteiger partial charge < -0.3 is 9.47 Å². The highest BCUT2D eigenvalue weighted by atomic mass is 79.9. The Kier molecular flexibility index (Phi) is 5.33. The first-order chi connectivity index (χ1) is 13.6. The molecule has 0 N–H and O–H groups in total. The van der Waals surface area contributed by atoms with Gasteiger partial charge in [-0.05, 0) is 79.4 Å². The molecule has 0 fully saturated rings. The monoisotopic (exact) mass is 499 g/mol. The van der Waals surface area contributed by atoms with Crippen molar-refractivity contribution in [2.24, 2.45) is 4.99 Å². The van der Waals surface area contributed by atoms with Crippen molar-refractivity contribution >= 4 is 60.6 Å². The average molecular weight is 501 g/mol. The Balaban J connectivity index is 1.73. The summed E-state index contributed by atoms with van der Waals surface area (Å²) in [7, 11) is 0. The summed E-state index contributed by atoms with van der Waals surface area (Å²) in [4.78, 5) is 16.8. The summed E-state index contributed by atoms with van der Waals surface area (Å²) in [6, 6.07) is 17.5. The Labute approximate surface area is 179 Å². The van der Waals surface area contributed by atoms with Crippen LogP contribution in [0.4, 0.5) is 0 Å². The molecule has 0 radical (unpaired) electrons. The summed E-state index contributed by atoms with van der Waals surface area (Å²) in [6.45, 7) is 2.48. The molecule has 3 aromatic rings. The molecular weight excluding hydrogens is 486 g/mol. The molecule has 1 aliphatic rings. The van der Waals surface area contributed by atoms with E-state index in [1.54, 1.807) is 6.08 Å². The number of aliphatic imine (C=N–C) groups is 1. The second-order valence-corrected chi connectivity index (χ2v) is 7.82. The van der Waals surface area contributed by atoms with Crippen LogP contribution in [0.2, 0.25) is 0 Å². The second kappa shape index (κ2) is 7.89. The Bertz CT molecular complexity index is 1120. The van der Waals surface area contributed by atoms with Gasteiger partial charge >= 0.3 is 5.97 Å². The minimum absolute atomic E-state index is 0.255. The highest BCUT2D eigenvalue weighted by Crippen LogP contribution is 2.36. The van der Waals surface area contributed by atoms with E-state index >= 15 is 0 Å². The van der Waals surface area contributed by atoms with E-state index in [0.29, 0.717) is 12.5 Å². The summed E-state index contributed by atoms with van der Waals surface area (Å²) in [5, 5.41) is 2.06. The number of esters is 1. The number of fused-ring (bicyclic) bond motifs is 1. The molecule has 1 heterocycles. The van der Waals surface area contributed by atoms with E-state index < -0.39 is 5.97 Å². The Hall–Kier alpha value is -2.44. The number of nitrogens with zero attached hydrogens (tertiary/aromatic N) is 1. The lowest BCUT2D eigenvalue weighted by atomic mass is 10.0. The van der Waals surface area contributed by atoms with Crippen LogP contribution in [0, 0.1) is 0 Å². The number of carbonyl (C=O) groups excluding carboxylic acids is 1. The van der Waals surface area contributed by atoms with Crippen LogP contribution >= 0.6 is 31.9 Å². The molecule has 6 heteroatoms. The first-order valence-corrected chi connectivity index (χ1v) is 10.3. The third-order valence-corrected chi connectivity index (χ3v) is 5.43. The lowest BCUT2D eigenvalue weighted by molar-refractivity contribution is -0.129. The predicted molar refractivity (Wildman–Crippen MR) is 118 cm³/mol. The van der Waals surface area contributed by atoms with E-state index in [2.05, 4.69) is 36.9 Å². The quantitative estimate of drug-likeness (QED) is 0.321. The molecule has 0 amide bonds. The summed E-state index contributed by atoms with van der Waals surface area (Å²) in [6.07, 6.45) is 1.70. The van der Waals surface area contributed by atoms with Gasteiger partial charge in [-0.25, -0.2) is 9.79 Å². The van der Waals surface area contributed by atoms with E-state index in [0.717, 1.165) is 36.6 Å². The van der Waals surface area contributed by atoms with Crippen LogP contribution in [0.5, 0.6) is 5.75 Å². The van der Waals surface area contributed by atoms with Gasteiger partial charge in [0.1, 0.15) is 5.75 Å². The molecule has 1 aliphatic heterocycles. The molecule has 0 bridgehead atoms. The summed E-state index contributed by atoms with van der Waals surface area (Å²) >= 11 is 7.01. The van der Waals surface area contributed by atoms with Crippen LogP contribution in [-0.4, -0.2) is 18.5 Å². The van der Waals surface area contributed by atoms with Gasteiger partial charge in [0.2, 0.25) is 5.90 Å². The van der Waals surface area contributed by atoms with Crippen LogP contribution in [0.25, 0.3) is 16.8 Å². The van der Waals surface area contributed by atoms with Gasteiger partial charge in [0.15, 0.2) is 5.70 Å². The fourth-order valence-corrected chi connectivity index (χ4v) is 4.49. The van der Waals surface area contributed by atoms with E-state index in [9.17, 15) is 4.79 Å². The maximum Gasteiger partial charge on any atom is 0.363 e. The average Bonchev–Trinajstić information content (AvgIpc) is 3.04. The van der Waals surface area contributed by atoms with Crippen molar-refractivity contribution in [1.82, 2.24) is 0 Å². The van der Waals surface area contributed by atoms with Gasteiger partial charge in [0, 0.05) is 5.56 Å². The zero-order chi connectivity index (χ0) is 19.7. The van der Waals surface area contributed by atoms with E-state index in [1.165, 1.54) is 0 Å². The van der Waals surface area contributed by atoms with Crippen LogP contribution in [0.1, 0.15) is 18.1 Å². The molecule has 28 heavy (non-hydrogen) atoms. The number of benzene rings is 3. The number of hydrogen-bond acceptors (Lipinski definition) is 4. The fourth-order valence-electron chi connectivity index (χ4n) is 3.04. The van der Waals surface area contributed by atoms with Gasteiger partial charge in [-0.1, -0.05) is 36.4 Å². The number of hydrogen-bond donors (Lipinski definition) is 0. The molecular formula is C22H15Br2NO3. The van der Waals surface area contributed by atoms with Crippen LogP contribution in [0.15, 0.2) is 74.2 Å². The zero-order valence-corrected chi connectivity index (χ0v) is 18.1. The van der Waals surface area contributed by atoms with Crippen molar-refractivity contribution in [3.8, 4) is 5.75 Å². The smallest absolute Gasteiger partial charge is 0.363 e. The molecule has 0 saturated heterocycles. The second-order valence-electron chi connectivity index (χ2n) is 6.11. The highest BCUT2D eigenvalue weighted by Gasteiger charge is 2.25. The lowest BCUT2D eigenvalue weighted by Crippen LogP contribution is -2.05. The van der Waals surface area contributed by atoms with Crippen molar-refractivity contribution in [2.75, 3.05) is 6.61 Å². The van der Waals surface area contributed by atoms with Crippen molar-refractivity contribution in [3.63, 3.8) is 0 Å². The van der Waals surface area contributed by atoms with Crippen LogP contribution < -0.4 is 4.74 Å². The summed E-state index contributed by atoms with van der Waals surface area (Å²) < 4.78 is 12.6. The maximum absolute atomic E-state index is 12.4. The molecule has 0 saturated carbocycles. The molecule has 0 aromatic heterocycles. The van der Waals surface area contributed by atoms with E-state index in [1.807, 2.05) is 61.5 Å². The Morgan fingerprint density at radius 3 is 2.54 bits per heavy atom. The molecule has 0 unspecified atom stereocenters. The van der Waals surface area contributed by atoms with Crippen molar-refractivity contribution in [3.05, 3.63) is 80.4 Å². The number of cyclic esters (lactones) is 1. The van der Waals surface area contributed by atoms with E-state index in [4.69, 9.17) is 9.47 Å². The Morgan fingerprint density at radius 2 is 1.79 bits per heavy atom. The van der Waals surface area contributed by atoms with Gasteiger partial charge in [-0.15, -0.1) is 0 Å². The largest absolute Gasteiger partial charge is 0.492 e. The maximum atomic E-state index is 12.4. The summed E-state index contributed by atoms with van der Waals surface area (Å²) in [5.41, 5.74) is 1.85. The molecule has 0 spiro atoms. The molecule has 4 rings (SSSR count). The molecule has 140 valence electrons. The molecule has 4 nitrogen and oxygen atoms in total. The Morgan fingerprint density at radius 1 is 1.07 bits per heavy atom. The lowest BCUT2D eigenvalue weighted by Gasteiger charge is -2.09. The number of halogens is 2. The molecule has 0 aliphatic carbocycles. The van der Waals surface area contributed by atoms with Crippen LogP contribution in [0.3, 0.4) is 0 Å². The third-order valence-electron chi connectivity index (χ3n) is 4.25. The van der Waals surface area contributed by atoms with Crippen molar-refractivity contribution in [1.29, 1.82) is 0 Å². The first kappa shape index (κ1) is 18.9. The molecule has 0 atom stereocenters. The minimum atomic E-state index is -0.468. The minimum Gasteiger partial charge on any atom is -0.492 e. The predicted octanol–water partition coefficient (Wildman–Crippen LogP) is 6.11. The highest BCUT2D eigenvalue weighted by molar-refractivity contribution is 9.11. The standard InChI is InChI=1S/C22H15Br2NO3/c1-2-27-20-17(23)10-13(11-18(20)24)12-19-22(26)28-21(25-19)16-9-5-7-14-6-3-4-8-15(14)16/h3-12H,2H2,1H3. The molecule has 3 aromatic carbocycles. The van der Waals surface area contributed by atoms with Crippen molar-refractivity contribution < 1.29 is 14.3 Å². The number of carbonyl (C=O) groups is 1. The topological polar surface area (TPSA) is 47.9 Å². The number of ether oxygens (including phenoxy) is 2. The normalized spacial score (nSPS) is 15.0. The zero-order valence-electron chi connectivity index (χ0n) is 14.9. The van der Waals surface area contributed by atoms with E-state index in [-0.39, 0.29) is 5.70 Å². The van der Waals surface area contributed by atoms with Gasteiger partial charge in [-0.3, -0.25) is 0 Å².